The van der Waals surface area contributed by atoms with E-state index in [0.29, 0.717) is 38.9 Å². The summed E-state index contributed by atoms with van der Waals surface area (Å²) in [4.78, 5) is 24.7. The Hall–Kier alpha value is -5.17. The van der Waals surface area contributed by atoms with Crippen LogP contribution >= 0.6 is 11.6 Å². The second-order valence-corrected chi connectivity index (χ2v) is 9.97. The number of alkyl halides is 3. The van der Waals surface area contributed by atoms with Crippen LogP contribution in [0, 0.1) is 5.82 Å². The molecular weight excluding hydrogens is 588 g/mol. The second-order valence-electron chi connectivity index (χ2n) is 9.54. The van der Waals surface area contributed by atoms with E-state index in [2.05, 4.69) is 30.5 Å². The molecule has 0 fully saturated rings. The Kier molecular flexibility index (Phi) is 7.32. The fourth-order valence-electron chi connectivity index (χ4n) is 4.67. The van der Waals surface area contributed by atoms with Crippen LogP contribution in [0.5, 0.6) is 0 Å². The molecule has 0 saturated heterocycles. The predicted octanol–water partition coefficient (Wildman–Crippen LogP) is 5.92. The van der Waals surface area contributed by atoms with Crippen molar-refractivity contribution in [2.75, 3.05) is 0 Å². The number of benzene rings is 2. The largest absolute Gasteiger partial charge is 0.433 e. The van der Waals surface area contributed by atoms with Crippen molar-refractivity contribution in [3.63, 3.8) is 0 Å². The summed E-state index contributed by atoms with van der Waals surface area (Å²) in [5, 5.41) is 11.7. The lowest BCUT2D eigenvalue weighted by atomic mass is 10.0. The first-order valence-corrected chi connectivity index (χ1v) is 13.1. The third-order valence-electron chi connectivity index (χ3n) is 6.77. The molecule has 0 aliphatic rings. The van der Waals surface area contributed by atoms with Crippen LogP contribution in [0.2, 0.25) is 5.02 Å². The maximum atomic E-state index is 13.6. The first-order chi connectivity index (χ1) is 20.7. The molecule has 2 aromatic carbocycles. The molecule has 0 aliphatic carbocycles. The van der Waals surface area contributed by atoms with Crippen LogP contribution in [0.3, 0.4) is 0 Å². The molecule has 0 spiro atoms. The molecule has 43 heavy (non-hydrogen) atoms. The maximum Gasteiger partial charge on any atom is 0.433 e. The summed E-state index contributed by atoms with van der Waals surface area (Å²) in [6.45, 7) is 0. The number of tetrazole rings is 1. The van der Waals surface area contributed by atoms with Crippen molar-refractivity contribution in [2.24, 2.45) is 0 Å². The van der Waals surface area contributed by atoms with Gasteiger partial charge in [0, 0.05) is 41.0 Å². The summed E-state index contributed by atoms with van der Waals surface area (Å²) in [6.07, 6.45) is 1.28. The first kappa shape index (κ1) is 28.0. The van der Waals surface area contributed by atoms with Crippen LogP contribution < -0.4 is 5.56 Å². The lowest BCUT2D eigenvalue weighted by Gasteiger charge is -2.19. The number of nitrogens with zero attached hydrogens (tertiary/aromatic N) is 7. The number of rotatable bonds is 7. The third kappa shape index (κ3) is 5.93. The number of aromatic nitrogens is 8. The Labute approximate surface area is 245 Å². The van der Waals surface area contributed by atoms with Gasteiger partial charge >= 0.3 is 6.18 Å². The van der Waals surface area contributed by atoms with Gasteiger partial charge in [0.25, 0.3) is 5.56 Å². The van der Waals surface area contributed by atoms with Crippen molar-refractivity contribution >= 4 is 11.6 Å². The van der Waals surface area contributed by atoms with Crippen LogP contribution in [-0.4, -0.2) is 39.7 Å². The molecule has 1 N–H and O–H groups in total. The minimum atomic E-state index is -4.57. The van der Waals surface area contributed by atoms with E-state index in [1.165, 1.54) is 46.0 Å². The molecule has 4 aromatic heterocycles. The molecule has 6 aromatic rings. The molecule has 0 radical (unpaired) electrons. The van der Waals surface area contributed by atoms with Crippen LogP contribution in [0.1, 0.15) is 23.1 Å². The molecule has 0 bridgehead atoms. The Balaban J connectivity index is 1.39. The number of nitrogens with one attached hydrogen (secondary N) is 1. The SMILES string of the molecule is O=c1cc(-c2cc(Cl)ccc2-n2cnnn2)ccn1[C@H](Cc1ccc(F)cc1)c1ncc(-c2ccc(C(F)(F)F)nc2)[nH]1. The number of hydrogen-bond acceptors (Lipinski definition) is 6. The average Bonchev–Trinajstić information content (AvgIpc) is 3.70. The second kappa shape index (κ2) is 11.2. The van der Waals surface area contributed by atoms with E-state index >= 15 is 0 Å². The highest BCUT2D eigenvalue weighted by molar-refractivity contribution is 6.31. The van der Waals surface area contributed by atoms with Gasteiger partial charge in [0.2, 0.25) is 0 Å². The van der Waals surface area contributed by atoms with Gasteiger partial charge in [0.1, 0.15) is 23.7 Å². The Morgan fingerprint density at radius 3 is 2.42 bits per heavy atom. The van der Waals surface area contributed by atoms with Gasteiger partial charge in [0.15, 0.2) is 0 Å². The molecule has 216 valence electrons. The summed E-state index contributed by atoms with van der Waals surface area (Å²) in [5.41, 5.74) is 1.92. The van der Waals surface area contributed by atoms with Crippen molar-refractivity contribution in [3.05, 3.63) is 130 Å². The van der Waals surface area contributed by atoms with E-state index in [0.717, 1.165) is 17.8 Å². The topological polar surface area (TPSA) is 107 Å². The zero-order valence-corrected chi connectivity index (χ0v) is 22.6. The molecule has 0 saturated carbocycles. The van der Waals surface area contributed by atoms with Gasteiger partial charge in [-0.25, -0.2) is 9.37 Å². The van der Waals surface area contributed by atoms with Gasteiger partial charge in [-0.2, -0.15) is 17.9 Å². The summed E-state index contributed by atoms with van der Waals surface area (Å²) in [6, 6.07) is 15.6. The van der Waals surface area contributed by atoms with Gasteiger partial charge in [0.05, 0.1) is 23.6 Å². The number of aromatic amines is 1. The van der Waals surface area contributed by atoms with Gasteiger partial charge in [-0.1, -0.05) is 23.7 Å². The summed E-state index contributed by atoms with van der Waals surface area (Å²) in [7, 11) is 0. The fourth-order valence-corrected chi connectivity index (χ4v) is 4.84. The molecular formula is C29H19ClF4N8O. The van der Waals surface area contributed by atoms with E-state index in [1.54, 1.807) is 42.6 Å². The van der Waals surface area contributed by atoms with Crippen LogP contribution in [0.4, 0.5) is 17.6 Å². The van der Waals surface area contributed by atoms with Crippen molar-refractivity contribution in [3.8, 4) is 28.1 Å². The molecule has 14 heteroatoms. The Morgan fingerprint density at radius 2 is 1.74 bits per heavy atom. The number of pyridine rings is 2. The number of imidazole rings is 1. The highest BCUT2D eigenvalue weighted by atomic mass is 35.5. The standard InChI is InChI=1S/C29H19ClF4N8O/c30-20-4-7-24(42-16-37-39-40-42)22(13-20)18-9-10-41(27(43)12-18)25(11-17-1-5-21(31)6-2-17)28-36-15-23(38-28)19-3-8-26(35-14-19)29(32,33)34/h1-10,12-16,25H,11H2,(H,36,38)/t25-/m1/s1. The molecule has 4 heterocycles. The lowest BCUT2D eigenvalue weighted by Crippen LogP contribution is -2.27. The van der Waals surface area contributed by atoms with Crippen LogP contribution in [-0.2, 0) is 12.6 Å². The van der Waals surface area contributed by atoms with E-state index in [9.17, 15) is 22.4 Å². The average molecular weight is 607 g/mol. The third-order valence-corrected chi connectivity index (χ3v) is 7.00. The zero-order chi connectivity index (χ0) is 30.1. The molecule has 0 amide bonds. The maximum absolute atomic E-state index is 13.6. The smallest absolute Gasteiger partial charge is 0.340 e. The molecule has 6 rings (SSSR count). The van der Waals surface area contributed by atoms with Crippen LogP contribution in [0.15, 0.2) is 96.4 Å². The normalized spacial score (nSPS) is 12.4. The van der Waals surface area contributed by atoms with E-state index in [1.807, 2.05) is 0 Å². The Bertz CT molecular complexity index is 1940. The number of halogens is 5. The predicted molar refractivity (Wildman–Crippen MR) is 149 cm³/mol. The number of hydrogen-bond donors (Lipinski definition) is 1. The quantitative estimate of drug-likeness (QED) is 0.226. The molecule has 0 aliphatic heterocycles. The van der Waals surface area contributed by atoms with Crippen molar-refractivity contribution in [1.82, 2.24) is 39.7 Å². The van der Waals surface area contributed by atoms with E-state index in [4.69, 9.17) is 11.6 Å². The summed E-state index contributed by atoms with van der Waals surface area (Å²) >= 11 is 6.27. The monoisotopic (exact) mass is 606 g/mol. The molecule has 1 atom stereocenters. The lowest BCUT2D eigenvalue weighted by molar-refractivity contribution is -0.141. The molecule has 9 nitrogen and oxygen atoms in total. The number of H-pyrrole nitrogens is 1. The van der Waals surface area contributed by atoms with Gasteiger partial charge in [-0.3, -0.25) is 9.78 Å². The van der Waals surface area contributed by atoms with E-state index in [-0.39, 0.29) is 12.0 Å². The highest BCUT2D eigenvalue weighted by Gasteiger charge is 2.32. The summed E-state index contributed by atoms with van der Waals surface area (Å²) < 4.78 is 55.5. The minimum Gasteiger partial charge on any atom is -0.340 e. The van der Waals surface area contributed by atoms with Crippen molar-refractivity contribution in [1.29, 1.82) is 0 Å². The Morgan fingerprint density at radius 1 is 0.930 bits per heavy atom. The molecule has 0 unspecified atom stereocenters. The first-order valence-electron chi connectivity index (χ1n) is 12.7. The van der Waals surface area contributed by atoms with Crippen molar-refractivity contribution in [2.45, 2.75) is 18.6 Å². The van der Waals surface area contributed by atoms with Gasteiger partial charge in [-0.15, -0.1) is 5.10 Å². The highest BCUT2D eigenvalue weighted by Crippen LogP contribution is 2.31. The van der Waals surface area contributed by atoms with Gasteiger partial charge < -0.3 is 9.55 Å². The van der Waals surface area contributed by atoms with Gasteiger partial charge in [-0.05, 0) is 70.1 Å². The van der Waals surface area contributed by atoms with E-state index < -0.39 is 23.7 Å². The summed E-state index contributed by atoms with van der Waals surface area (Å²) in [5.74, 6) is -0.0389. The fraction of sp³-hybridized carbons (Fsp3) is 0.103. The van der Waals surface area contributed by atoms with Crippen molar-refractivity contribution < 1.29 is 17.6 Å². The zero-order valence-electron chi connectivity index (χ0n) is 21.9. The minimum absolute atomic E-state index is 0.255. The van der Waals surface area contributed by atoms with Crippen LogP contribution in [0.25, 0.3) is 28.1 Å².